The number of aliphatic hydroxyl groups excluding tert-OH is 1. The van der Waals surface area contributed by atoms with E-state index in [4.69, 9.17) is 6.42 Å². The van der Waals surface area contributed by atoms with Crippen molar-refractivity contribution in [1.29, 1.82) is 0 Å². The van der Waals surface area contributed by atoms with Crippen molar-refractivity contribution in [3.8, 4) is 12.3 Å². The van der Waals surface area contributed by atoms with Crippen LogP contribution in [0.2, 0.25) is 0 Å². The molecule has 4 rings (SSSR count). The van der Waals surface area contributed by atoms with Crippen molar-refractivity contribution >= 4 is 0 Å². The van der Waals surface area contributed by atoms with Crippen LogP contribution in [0.4, 0.5) is 0 Å². The molecular weight excluding hydrogens is 284 g/mol. The van der Waals surface area contributed by atoms with Crippen LogP contribution in [0, 0.1) is 40.9 Å². The van der Waals surface area contributed by atoms with Gasteiger partial charge in [-0.25, -0.2) is 0 Å². The first-order chi connectivity index (χ1) is 10.8. The molecule has 0 aromatic rings. The predicted molar refractivity (Wildman–Crippen MR) is 91.5 cm³/mol. The number of terminal acetylenes is 1. The van der Waals surface area contributed by atoms with Crippen molar-refractivity contribution in [3.63, 3.8) is 0 Å². The third-order valence-electron chi connectivity index (χ3n) is 8.48. The van der Waals surface area contributed by atoms with E-state index in [9.17, 15) is 10.2 Å². The Kier molecular flexibility index (Phi) is 3.33. The second-order valence-corrected chi connectivity index (χ2v) is 9.13. The van der Waals surface area contributed by atoms with Gasteiger partial charge in [0.25, 0.3) is 0 Å². The highest BCUT2D eigenvalue weighted by Crippen LogP contribution is 2.67. The lowest BCUT2D eigenvalue weighted by molar-refractivity contribution is -0.101. The lowest BCUT2D eigenvalue weighted by Crippen LogP contribution is -2.54. The Morgan fingerprint density at radius 1 is 1.09 bits per heavy atom. The van der Waals surface area contributed by atoms with E-state index in [-0.39, 0.29) is 16.9 Å². The zero-order valence-electron chi connectivity index (χ0n) is 14.5. The van der Waals surface area contributed by atoms with Crippen LogP contribution in [-0.2, 0) is 0 Å². The molecule has 0 unspecified atom stereocenters. The van der Waals surface area contributed by atoms with Crippen LogP contribution in [0.25, 0.3) is 0 Å². The third kappa shape index (κ3) is 1.90. The van der Waals surface area contributed by atoms with Crippen LogP contribution in [0.15, 0.2) is 11.6 Å². The van der Waals surface area contributed by atoms with E-state index < -0.39 is 5.60 Å². The van der Waals surface area contributed by atoms with Gasteiger partial charge in [0.05, 0.1) is 6.10 Å². The van der Waals surface area contributed by atoms with Crippen LogP contribution >= 0.6 is 0 Å². The van der Waals surface area contributed by atoms with Gasteiger partial charge in [0, 0.05) is 5.41 Å². The minimum Gasteiger partial charge on any atom is -0.389 e. The SMILES string of the molecule is C#C[C@]1(O)CC[C@H]2[C@@H]3CCC4=C[C@@H](O)CC[C@]4(C)[C@H]3CC[C@@]21C. The topological polar surface area (TPSA) is 40.5 Å². The maximum atomic E-state index is 11.0. The van der Waals surface area contributed by atoms with Crippen molar-refractivity contribution in [2.24, 2.45) is 28.6 Å². The molecule has 0 aliphatic heterocycles. The van der Waals surface area contributed by atoms with Crippen molar-refractivity contribution in [2.45, 2.75) is 76.9 Å². The van der Waals surface area contributed by atoms with Gasteiger partial charge in [-0.2, -0.15) is 0 Å². The van der Waals surface area contributed by atoms with Crippen molar-refractivity contribution in [3.05, 3.63) is 11.6 Å². The molecule has 7 atom stereocenters. The zero-order valence-corrected chi connectivity index (χ0v) is 14.5. The van der Waals surface area contributed by atoms with Crippen LogP contribution < -0.4 is 0 Å². The summed E-state index contributed by atoms with van der Waals surface area (Å²) in [6.45, 7) is 4.69. The molecule has 2 heteroatoms. The van der Waals surface area contributed by atoms with Crippen LogP contribution in [0.3, 0.4) is 0 Å². The van der Waals surface area contributed by atoms with E-state index in [0.29, 0.717) is 17.8 Å². The molecule has 23 heavy (non-hydrogen) atoms. The van der Waals surface area contributed by atoms with Crippen LogP contribution in [-0.4, -0.2) is 21.9 Å². The Bertz CT molecular complexity index is 587. The molecule has 0 aromatic carbocycles. The smallest absolute Gasteiger partial charge is 0.130 e. The third-order valence-corrected chi connectivity index (χ3v) is 8.48. The fourth-order valence-corrected chi connectivity index (χ4v) is 6.96. The average molecular weight is 314 g/mol. The molecule has 0 saturated heterocycles. The van der Waals surface area contributed by atoms with Gasteiger partial charge in [0.1, 0.15) is 5.60 Å². The summed E-state index contributed by atoms with van der Waals surface area (Å²) in [7, 11) is 0. The summed E-state index contributed by atoms with van der Waals surface area (Å²) in [5.74, 6) is 4.71. The Morgan fingerprint density at radius 2 is 1.83 bits per heavy atom. The highest BCUT2D eigenvalue weighted by molar-refractivity contribution is 5.28. The highest BCUT2D eigenvalue weighted by atomic mass is 16.3. The van der Waals surface area contributed by atoms with Gasteiger partial charge in [0.15, 0.2) is 0 Å². The Balaban J connectivity index is 1.69. The molecule has 0 aromatic heterocycles. The summed E-state index contributed by atoms with van der Waals surface area (Å²) in [4.78, 5) is 0. The Hall–Kier alpha value is -0.780. The van der Waals surface area contributed by atoms with Crippen LogP contribution in [0.5, 0.6) is 0 Å². The molecule has 0 amide bonds. The fourth-order valence-electron chi connectivity index (χ4n) is 6.96. The standard InChI is InChI=1S/C21H30O2/c1-4-21(23)12-9-18-16-6-5-14-13-15(22)7-10-19(14,2)17(16)8-11-20(18,21)3/h1,13,15-18,22-23H,5-12H2,2-3H3/t15-,16+,17-,18-,19-,20-,21-/m0/s1. The molecule has 2 N–H and O–H groups in total. The lowest BCUT2D eigenvalue weighted by atomic mass is 9.46. The van der Waals surface area contributed by atoms with E-state index in [2.05, 4.69) is 25.8 Å². The summed E-state index contributed by atoms with van der Waals surface area (Å²) < 4.78 is 0. The highest BCUT2D eigenvalue weighted by Gasteiger charge is 2.63. The van der Waals surface area contributed by atoms with E-state index in [0.717, 1.165) is 38.5 Å². The Labute approximate surface area is 140 Å². The van der Waals surface area contributed by atoms with Gasteiger partial charge in [0.2, 0.25) is 0 Å². The molecule has 3 fully saturated rings. The Morgan fingerprint density at radius 3 is 2.57 bits per heavy atom. The molecule has 0 radical (unpaired) electrons. The van der Waals surface area contributed by atoms with Crippen molar-refractivity contribution < 1.29 is 10.2 Å². The molecular formula is C21H30O2. The quantitative estimate of drug-likeness (QED) is 0.529. The van der Waals surface area contributed by atoms with Gasteiger partial charge in [-0.3, -0.25) is 0 Å². The minimum atomic E-state index is -0.900. The maximum Gasteiger partial charge on any atom is 0.130 e. The van der Waals surface area contributed by atoms with Gasteiger partial charge in [-0.05, 0) is 74.5 Å². The molecule has 0 spiro atoms. The monoisotopic (exact) mass is 314 g/mol. The molecule has 3 saturated carbocycles. The summed E-state index contributed by atoms with van der Waals surface area (Å²) in [5.41, 5.74) is 0.767. The normalized spacial score (nSPS) is 55.2. The molecule has 2 nitrogen and oxygen atoms in total. The summed E-state index contributed by atoms with van der Waals surface area (Å²) in [5, 5.41) is 21.0. The summed E-state index contributed by atoms with van der Waals surface area (Å²) >= 11 is 0. The number of aliphatic hydroxyl groups is 2. The molecule has 4 aliphatic rings. The van der Waals surface area contributed by atoms with Gasteiger partial charge in [-0.15, -0.1) is 6.42 Å². The first-order valence-electron chi connectivity index (χ1n) is 9.43. The van der Waals surface area contributed by atoms with E-state index in [1.807, 2.05) is 0 Å². The maximum absolute atomic E-state index is 11.0. The summed E-state index contributed by atoms with van der Waals surface area (Å²) in [6, 6.07) is 0. The second-order valence-electron chi connectivity index (χ2n) is 9.13. The van der Waals surface area contributed by atoms with Gasteiger partial charge in [-0.1, -0.05) is 31.4 Å². The second kappa shape index (κ2) is 4.87. The molecule has 4 aliphatic carbocycles. The van der Waals surface area contributed by atoms with Crippen LogP contribution in [0.1, 0.15) is 65.2 Å². The fraction of sp³-hybridized carbons (Fsp3) is 0.810. The minimum absolute atomic E-state index is 0.103. The largest absolute Gasteiger partial charge is 0.389 e. The number of hydrogen-bond acceptors (Lipinski definition) is 2. The first-order valence-corrected chi connectivity index (χ1v) is 9.43. The van der Waals surface area contributed by atoms with Gasteiger partial charge >= 0.3 is 0 Å². The van der Waals surface area contributed by atoms with Gasteiger partial charge < -0.3 is 10.2 Å². The molecule has 0 heterocycles. The predicted octanol–water partition coefficient (Wildman–Crippen LogP) is 3.67. The zero-order chi connectivity index (χ0) is 16.5. The average Bonchev–Trinajstić information content (AvgIpc) is 2.80. The first kappa shape index (κ1) is 15.7. The van der Waals surface area contributed by atoms with E-state index in [1.165, 1.54) is 18.4 Å². The summed E-state index contributed by atoms with van der Waals surface area (Å²) in [6.07, 6.45) is 16.1. The lowest BCUT2D eigenvalue weighted by Gasteiger charge is -2.59. The number of fused-ring (bicyclic) bond motifs is 5. The number of allylic oxidation sites excluding steroid dienone is 1. The van der Waals surface area contributed by atoms with Crippen molar-refractivity contribution in [1.82, 2.24) is 0 Å². The number of hydrogen-bond donors (Lipinski definition) is 2. The van der Waals surface area contributed by atoms with Crippen molar-refractivity contribution in [2.75, 3.05) is 0 Å². The van der Waals surface area contributed by atoms with E-state index >= 15 is 0 Å². The molecule has 0 bridgehead atoms. The van der Waals surface area contributed by atoms with E-state index in [1.54, 1.807) is 0 Å². The number of rotatable bonds is 0. The molecule has 126 valence electrons.